The zero-order valence-corrected chi connectivity index (χ0v) is 6.55. The van der Waals surface area contributed by atoms with E-state index < -0.39 is 0 Å². The van der Waals surface area contributed by atoms with Crippen LogP contribution in [0.4, 0.5) is 0 Å². The molecule has 0 bridgehead atoms. The van der Waals surface area contributed by atoms with Crippen molar-refractivity contribution in [2.24, 2.45) is 5.84 Å². The minimum Gasteiger partial charge on any atom is -0.380 e. The quantitative estimate of drug-likeness (QED) is 0.426. The summed E-state index contributed by atoms with van der Waals surface area (Å²) < 4.78 is 5.35. The van der Waals surface area contributed by atoms with Gasteiger partial charge in [0.05, 0.1) is 6.61 Å². The summed E-state index contributed by atoms with van der Waals surface area (Å²) in [5.74, 6) is 5.59. The van der Waals surface area contributed by atoms with Gasteiger partial charge >= 0.3 is 0 Å². The van der Waals surface area contributed by atoms with E-state index in [1.165, 1.54) is 19.3 Å². The molecule has 1 unspecified atom stereocenters. The number of hydrogen-bond donors (Lipinski definition) is 1. The summed E-state index contributed by atoms with van der Waals surface area (Å²) in [5.41, 5.74) is 0. The summed E-state index contributed by atoms with van der Waals surface area (Å²) in [4.78, 5) is 0. The van der Waals surface area contributed by atoms with Crippen molar-refractivity contribution in [2.75, 3.05) is 20.3 Å². The van der Waals surface area contributed by atoms with Crippen LogP contribution in [-0.2, 0) is 4.74 Å². The van der Waals surface area contributed by atoms with E-state index in [1.54, 1.807) is 5.01 Å². The molecule has 10 heavy (non-hydrogen) atoms. The van der Waals surface area contributed by atoms with Gasteiger partial charge in [-0.05, 0) is 19.3 Å². The largest absolute Gasteiger partial charge is 0.380 e. The average molecular weight is 144 g/mol. The highest BCUT2D eigenvalue weighted by Crippen LogP contribution is 2.09. The Morgan fingerprint density at radius 2 is 2.30 bits per heavy atom. The van der Waals surface area contributed by atoms with E-state index >= 15 is 0 Å². The first kappa shape index (κ1) is 7.98. The van der Waals surface area contributed by atoms with E-state index in [-0.39, 0.29) is 0 Å². The number of hydrazine groups is 1. The summed E-state index contributed by atoms with van der Waals surface area (Å²) in [7, 11) is 1.90. The molecule has 0 aliphatic carbocycles. The normalized spacial score (nSPS) is 28.5. The first-order valence-electron chi connectivity index (χ1n) is 3.86. The fourth-order valence-corrected chi connectivity index (χ4v) is 1.21. The molecular formula is C7H16N2O. The second kappa shape index (κ2) is 3.91. The molecule has 0 amide bonds. The number of likely N-dealkylation sites (N-methyl/N-ethyl adjacent to an activating group) is 1. The van der Waals surface area contributed by atoms with Crippen molar-refractivity contribution in [2.45, 2.75) is 25.3 Å². The van der Waals surface area contributed by atoms with Crippen LogP contribution < -0.4 is 5.84 Å². The summed E-state index contributed by atoms with van der Waals surface area (Å²) in [6, 6.07) is 0.433. The van der Waals surface area contributed by atoms with Crippen molar-refractivity contribution in [1.29, 1.82) is 0 Å². The summed E-state index contributed by atoms with van der Waals surface area (Å²) in [6.07, 6.45) is 3.60. The number of ether oxygens (including phenoxy) is 1. The van der Waals surface area contributed by atoms with Crippen LogP contribution in [0.25, 0.3) is 0 Å². The Morgan fingerprint density at radius 3 is 3.00 bits per heavy atom. The van der Waals surface area contributed by atoms with Crippen molar-refractivity contribution in [3.63, 3.8) is 0 Å². The van der Waals surface area contributed by atoms with Gasteiger partial charge in [0.1, 0.15) is 0 Å². The van der Waals surface area contributed by atoms with Gasteiger partial charge in [0.25, 0.3) is 0 Å². The fourth-order valence-electron chi connectivity index (χ4n) is 1.21. The lowest BCUT2D eigenvalue weighted by Crippen LogP contribution is -2.39. The summed E-state index contributed by atoms with van der Waals surface area (Å²) >= 11 is 0. The molecule has 0 aromatic heterocycles. The van der Waals surface area contributed by atoms with Crippen molar-refractivity contribution in [3.05, 3.63) is 0 Å². The third-order valence-electron chi connectivity index (χ3n) is 1.96. The van der Waals surface area contributed by atoms with Crippen LogP contribution >= 0.6 is 0 Å². The van der Waals surface area contributed by atoms with E-state index in [2.05, 4.69) is 0 Å². The second-order valence-corrected chi connectivity index (χ2v) is 2.89. The molecule has 3 heteroatoms. The maximum Gasteiger partial charge on any atom is 0.0635 e. The highest BCUT2D eigenvalue weighted by molar-refractivity contribution is 4.66. The first-order chi connectivity index (χ1) is 4.80. The first-order valence-corrected chi connectivity index (χ1v) is 3.86. The Hall–Kier alpha value is -0.120. The van der Waals surface area contributed by atoms with Gasteiger partial charge in [-0.25, -0.2) is 5.01 Å². The lowest BCUT2D eigenvalue weighted by Gasteiger charge is -2.20. The third kappa shape index (κ3) is 2.25. The molecule has 1 fully saturated rings. The third-order valence-corrected chi connectivity index (χ3v) is 1.96. The molecule has 2 N–H and O–H groups in total. The van der Waals surface area contributed by atoms with E-state index in [0.29, 0.717) is 6.04 Å². The van der Waals surface area contributed by atoms with Gasteiger partial charge in [0, 0.05) is 19.7 Å². The minimum absolute atomic E-state index is 0.433. The molecule has 0 aromatic rings. The van der Waals surface area contributed by atoms with Gasteiger partial charge in [0.2, 0.25) is 0 Å². The Balaban J connectivity index is 2.28. The molecule has 60 valence electrons. The van der Waals surface area contributed by atoms with E-state index in [4.69, 9.17) is 10.6 Å². The van der Waals surface area contributed by atoms with Gasteiger partial charge in [-0.2, -0.15) is 0 Å². The Bertz CT molecular complexity index is 87.6. The lowest BCUT2D eigenvalue weighted by molar-refractivity contribution is 0.0854. The Kier molecular flexibility index (Phi) is 3.12. The van der Waals surface area contributed by atoms with Crippen LogP contribution in [0.1, 0.15) is 19.3 Å². The summed E-state index contributed by atoms with van der Waals surface area (Å²) in [6.45, 7) is 1.71. The predicted octanol–water partition coefficient (Wildman–Crippen LogP) is 0.361. The molecule has 0 radical (unpaired) electrons. The molecule has 1 rings (SSSR count). The highest BCUT2D eigenvalue weighted by Gasteiger charge is 2.13. The zero-order chi connectivity index (χ0) is 7.40. The predicted molar refractivity (Wildman–Crippen MR) is 40.4 cm³/mol. The van der Waals surface area contributed by atoms with Gasteiger partial charge in [0.15, 0.2) is 0 Å². The number of nitrogens with zero attached hydrogens (tertiary/aromatic N) is 1. The van der Waals surface area contributed by atoms with Gasteiger partial charge in [-0.3, -0.25) is 5.84 Å². The van der Waals surface area contributed by atoms with Crippen LogP contribution in [0.15, 0.2) is 0 Å². The van der Waals surface area contributed by atoms with Crippen LogP contribution in [0, 0.1) is 0 Å². The Labute approximate surface area is 62.1 Å². The van der Waals surface area contributed by atoms with E-state index in [9.17, 15) is 0 Å². The Morgan fingerprint density at radius 1 is 1.50 bits per heavy atom. The van der Waals surface area contributed by atoms with Crippen LogP contribution in [0.3, 0.4) is 0 Å². The molecule has 1 atom stereocenters. The monoisotopic (exact) mass is 144 g/mol. The smallest absolute Gasteiger partial charge is 0.0635 e. The molecule has 3 nitrogen and oxygen atoms in total. The molecule has 1 heterocycles. The van der Waals surface area contributed by atoms with Crippen molar-refractivity contribution < 1.29 is 4.74 Å². The van der Waals surface area contributed by atoms with Crippen LogP contribution in [0.5, 0.6) is 0 Å². The van der Waals surface area contributed by atoms with Crippen molar-refractivity contribution in [1.82, 2.24) is 5.01 Å². The van der Waals surface area contributed by atoms with Gasteiger partial charge in [-0.1, -0.05) is 0 Å². The van der Waals surface area contributed by atoms with Gasteiger partial charge < -0.3 is 4.74 Å². The molecule has 0 aromatic carbocycles. The molecule has 1 aliphatic rings. The number of nitrogens with two attached hydrogens (primary N) is 1. The van der Waals surface area contributed by atoms with Crippen LogP contribution in [0.2, 0.25) is 0 Å². The van der Waals surface area contributed by atoms with Crippen LogP contribution in [-0.4, -0.2) is 31.3 Å². The van der Waals surface area contributed by atoms with E-state index in [1.807, 2.05) is 7.05 Å². The standard InChI is InChI=1S/C7H16N2O/c1-9(8)7-4-2-3-5-10-6-7/h7H,2-6,8H2,1H3. The summed E-state index contributed by atoms with van der Waals surface area (Å²) in [5, 5.41) is 1.76. The highest BCUT2D eigenvalue weighted by atomic mass is 16.5. The molecule has 1 aliphatic heterocycles. The molecule has 1 saturated heterocycles. The van der Waals surface area contributed by atoms with E-state index in [0.717, 1.165) is 13.2 Å². The molecular weight excluding hydrogens is 128 g/mol. The SMILES string of the molecule is CN(N)C1CCCCOC1. The minimum atomic E-state index is 0.433. The topological polar surface area (TPSA) is 38.5 Å². The van der Waals surface area contributed by atoms with Gasteiger partial charge in [-0.15, -0.1) is 0 Å². The molecule has 0 saturated carbocycles. The van der Waals surface area contributed by atoms with Crippen molar-refractivity contribution in [3.8, 4) is 0 Å². The average Bonchev–Trinajstić information content (AvgIpc) is 2.12. The zero-order valence-electron chi connectivity index (χ0n) is 6.55. The second-order valence-electron chi connectivity index (χ2n) is 2.89. The number of rotatable bonds is 1. The number of hydrogen-bond acceptors (Lipinski definition) is 3. The lowest BCUT2D eigenvalue weighted by atomic mass is 10.1. The maximum absolute atomic E-state index is 5.59. The fraction of sp³-hybridized carbons (Fsp3) is 1.00. The van der Waals surface area contributed by atoms with Crippen molar-refractivity contribution >= 4 is 0 Å². The maximum atomic E-state index is 5.59. The molecule has 0 spiro atoms.